The second-order valence-electron chi connectivity index (χ2n) is 5.09. The first-order valence-electron chi connectivity index (χ1n) is 7.16. The number of ether oxygens (including phenoxy) is 1. The Labute approximate surface area is 148 Å². The molecule has 0 saturated heterocycles. The highest BCUT2D eigenvalue weighted by Gasteiger charge is 2.10. The Morgan fingerprint density at radius 2 is 1.92 bits per heavy atom. The number of aromatic nitrogens is 2. The fourth-order valence-electron chi connectivity index (χ4n) is 2.08. The van der Waals surface area contributed by atoms with E-state index in [1.165, 1.54) is 11.3 Å². The number of carbonyl (C=O) groups is 1. The van der Waals surface area contributed by atoms with Crippen LogP contribution < -0.4 is 10.1 Å². The fraction of sp³-hybridized carbons (Fsp3) is 0.118. The maximum Gasteiger partial charge on any atom is 0.265 e. The molecule has 0 aliphatic rings. The number of benzene rings is 1. The molecule has 0 saturated carbocycles. The number of rotatable bonds is 4. The topological polar surface area (TPSA) is 64.1 Å². The standard InChI is InChI=1S/C17H14ClN3O2S/c1-10-7-8-24-16(10)17(22)21-12-3-5-13(6-4-12)23-15-9-14(18)19-11(2)20-15/h3-9H,1-2H3,(H,21,22). The molecule has 1 N–H and O–H groups in total. The second kappa shape index (κ2) is 6.98. The zero-order chi connectivity index (χ0) is 17.1. The molecule has 1 aromatic carbocycles. The van der Waals surface area contributed by atoms with Crippen LogP contribution in [0.5, 0.6) is 11.6 Å². The first-order valence-corrected chi connectivity index (χ1v) is 8.41. The van der Waals surface area contributed by atoms with Crippen LogP contribution >= 0.6 is 22.9 Å². The van der Waals surface area contributed by atoms with E-state index < -0.39 is 0 Å². The van der Waals surface area contributed by atoms with Gasteiger partial charge in [0.25, 0.3) is 5.91 Å². The van der Waals surface area contributed by atoms with Crippen molar-refractivity contribution in [2.75, 3.05) is 5.32 Å². The summed E-state index contributed by atoms with van der Waals surface area (Å²) >= 11 is 7.30. The van der Waals surface area contributed by atoms with Crippen molar-refractivity contribution in [3.05, 3.63) is 63.2 Å². The molecule has 0 spiro atoms. The molecule has 2 aromatic heterocycles. The van der Waals surface area contributed by atoms with Crippen LogP contribution in [-0.2, 0) is 0 Å². The fourth-order valence-corrected chi connectivity index (χ4v) is 3.11. The van der Waals surface area contributed by atoms with Crippen LogP contribution in [-0.4, -0.2) is 15.9 Å². The Balaban J connectivity index is 1.69. The van der Waals surface area contributed by atoms with E-state index in [2.05, 4.69) is 15.3 Å². The van der Waals surface area contributed by atoms with Crippen molar-refractivity contribution in [2.24, 2.45) is 0 Å². The maximum absolute atomic E-state index is 12.2. The largest absolute Gasteiger partial charge is 0.439 e. The molecule has 3 aromatic rings. The quantitative estimate of drug-likeness (QED) is 0.676. The highest BCUT2D eigenvalue weighted by Crippen LogP contribution is 2.24. The maximum atomic E-state index is 12.2. The summed E-state index contributed by atoms with van der Waals surface area (Å²) in [6.07, 6.45) is 0. The molecule has 2 heterocycles. The SMILES string of the molecule is Cc1nc(Cl)cc(Oc2ccc(NC(=O)c3sccc3C)cc2)n1. The van der Waals surface area contributed by atoms with Gasteiger partial charge in [-0.15, -0.1) is 11.3 Å². The summed E-state index contributed by atoms with van der Waals surface area (Å²) in [5, 5.41) is 5.09. The lowest BCUT2D eigenvalue weighted by Crippen LogP contribution is -2.11. The molecule has 0 unspecified atom stereocenters. The van der Waals surface area contributed by atoms with Crippen molar-refractivity contribution in [3.63, 3.8) is 0 Å². The lowest BCUT2D eigenvalue weighted by atomic mass is 10.2. The second-order valence-corrected chi connectivity index (χ2v) is 6.39. The molecule has 0 radical (unpaired) electrons. The smallest absolute Gasteiger partial charge is 0.265 e. The molecular formula is C17H14ClN3O2S. The average Bonchev–Trinajstić information content (AvgIpc) is 2.94. The third-order valence-electron chi connectivity index (χ3n) is 3.19. The monoisotopic (exact) mass is 359 g/mol. The van der Waals surface area contributed by atoms with Crippen molar-refractivity contribution in [1.82, 2.24) is 9.97 Å². The third-order valence-corrected chi connectivity index (χ3v) is 4.39. The van der Waals surface area contributed by atoms with Gasteiger partial charge in [-0.25, -0.2) is 4.98 Å². The average molecular weight is 360 g/mol. The molecule has 0 aliphatic carbocycles. The highest BCUT2D eigenvalue weighted by atomic mass is 35.5. The van der Waals surface area contributed by atoms with Crippen LogP contribution in [0.15, 0.2) is 41.8 Å². The van der Waals surface area contributed by atoms with Crippen LogP contribution in [0.4, 0.5) is 5.69 Å². The molecule has 0 atom stereocenters. The van der Waals surface area contributed by atoms with Gasteiger partial charge in [0.2, 0.25) is 5.88 Å². The van der Waals surface area contributed by atoms with Crippen LogP contribution in [0.2, 0.25) is 5.15 Å². The van der Waals surface area contributed by atoms with Gasteiger partial charge in [0, 0.05) is 11.8 Å². The van der Waals surface area contributed by atoms with E-state index in [9.17, 15) is 4.79 Å². The summed E-state index contributed by atoms with van der Waals surface area (Å²) in [4.78, 5) is 21.0. The Kier molecular flexibility index (Phi) is 4.78. The number of anilines is 1. The predicted octanol–water partition coefficient (Wildman–Crippen LogP) is 4.85. The van der Waals surface area contributed by atoms with Crippen molar-refractivity contribution in [1.29, 1.82) is 0 Å². The third kappa shape index (κ3) is 3.90. The van der Waals surface area contributed by atoms with Gasteiger partial charge in [0.1, 0.15) is 16.7 Å². The van der Waals surface area contributed by atoms with Gasteiger partial charge in [0.15, 0.2) is 0 Å². The molecule has 24 heavy (non-hydrogen) atoms. The minimum absolute atomic E-state index is 0.116. The van der Waals surface area contributed by atoms with Gasteiger partial charge >= 0.3 is 0 Å². The number of hydrogen-bond acceptors (Lipinski definition) is 5. The first-order chi connectivity index (χ1) is 11.5. The van der Waals surface area contributed by atoms with Crippen molar-refractivity contribution in [3.8, 4) is 11.6 Å². The van der Waals surface area contributed by atoms with Crippen LogP contribution in [0, 0.1) is 13.8 Å². The Hall–Kier alpha value is -2.44. The Bertz CT molecular complexity index is 858. The molecule has 0 aliphatic heterocycles. The molecule has 3 rings (SSSR count). The molecule has 0 bridgehead atoms. The van der Waals surface area contributed by atoms with Crippen LogP contribution in [0.1, 0.15) is 21.1 Å². The van der Waals surface area contributed by atoms with Crippen LogP contribution in [0.25, 0.3) is 0 Å². The summed E-state index contributed by atoms with van der Waals surface area (Å²) in [6, 6.07) is 10.5. The molecule has 0 fully saturated rings. The number of nitrogens with one attached hydrogen (secondary N) is 1. The Morgan fingerprint density at radius 1 is 1.17 bits per heavy atom. The first kappa shape index (κ1) is 16.4. The summed E-state index contributed by atoms with van der Waals surface area (Å²) in [6.45, 7) is 3.65. The summed E-state index contributed by atoms with van der Waals surface area (Å²) in [7, 11) is 0. The lowest BCUT2D eigenvalue weighted by Gasteiger charge is -2.08. The molecule has 5 nitrogen and oxygen atoms in total. The van der Waals surface area contributed by atoms with E-state index >= 15 is 0 Å². The minimum Gasteiger partial charge on any atom is -0.439 e. The number of thiophene rings is 1. The van der Waals surface area contributed by atoms with E-state index in [0.717, 1.165) is 5.56 Å². The number of carbonyl (C=O) groups excluding carboxylic acids is 1. The van der Waals surface area contributed by atoms with E-state index in [0.29, 0.717) is 33.2 Å². The van der Waals surface area contributed by atoms with Gasteiger partial charge in [-0.3, -0.25) is 4.79 Å². The van der Waals surface area contributed by atoms with Gasteiger partial charge in [0.05, 0.1) is 4.88 Å². The van der Waals surface area contributed by atoms with Crippen LogP contribution in [0.3, 0.4) is 0 Å². The number of hydrogen-bond donors (Lipinski definition) is 1. The number of aryl methyl sites for hydroxylation is 2. The van der Waals surface area contributed by atoms with Gasteiger partial charge in [-0.05, 0) is 55.1 Å². The summed E-state index contributed by atoms with van der Waals surface area (Å²) in [5.74, 6) is 1.38. The summed E-state index contributed by atoms with van der Waals surface area (Å²) < 4.78 is 5.65. The normalized spacial score (nSPS) is 10.5. The molecule has 7 heteroatoms. The van der Waals surface area contributed by atoms with Crippen molar-refractivity contribution >= 4 is 34.5 Å². The zero-order valence-electron chi connectivity index (χ0n) is 13.0. The van der Waals surface area contributed by atoms with Crippen molar-refractivity contribution in [2.45, 2.75) is 13.8 Å². The summed E-state index contributed by atoms with van der Waals surface area (Å²) in [5.41, 5.74) is 1.66. The van der Waals surface area contributed by atoms with Crippen molar-refractivity contribution < 1.29 is 9.53 Å². The molecule has 1 amide bonds. The lowest BCUT2D eigenvalue weighted by molar-refractivity contribution is 0.103. The number of halogens is 1. The molecule has 122 valence electrons. The number of nitrogens with zero attached hydrogens (tertiary/aromatic N) is 2. The number of amides is 1. The van der Waals surface area contributed by atoms with Gasteiger partial charge < -0.3 is 10.1 Å². The van der Waals surface area contributed by atoms with Gasteiger partial charge in [-0.1, -0.05) is 11.6 Å². The van der Waals surface area contributed by atoms with E-state index in [4.69, 9.17) is 16.3 Å². The minimum atomic E-state index is -0.116. The Morgan fingerprint density at radius 3 is 2.54 bits per heavy atom. The predicted molar refractivity (Wildman–Crippen MR) is 95.3 cm³/mol. The van der Waals surface area contributed by atoms with E-state index in [1.54, 1.807) is 37.3 Å². The molecular weight excluding hydrogens is 346 g/mol. The van der Waals surface area contributed by atoms with Gasteiger partial charge in [-0.2, -0.15) is 4.98 Å². The van der Waals surface area contributed by atoms with E-state index in [-0.39, 0.29) is 5.91 Å². The highest BCUT2D eigenvalue weighted by molar-refractivity contribution is 7.12. The van der Waals surface area contributed by atoms with E-state index in [1.807, 2.05) is 18.4 Å². The zero-order valence-corrected chi connectivity index (χ0v) is 14.6.